The summed E-state index contributed by atoms with van der Waals surface area (Å²) in [7, 11) is 2.00. The van der Waals surface area contributed by atoms with Crippen molar-refractivity contribution in [1.29, 1.82) is 0 Å². The summed E-state index contributed by atoms with van der Waals surface area (Å²) in [5, 5.41) is 10.4. The monoisotopic (exact) mass is 528 g/mol. The number of amides is 1. The number of pyridine rings is 1. The molecule has 0 unspecified atom stereocenters. The van der Waals surface area contributed by atoms with Gasteiger partial charge in [-0.05, 0) is 60.1 Å². The summed E-state index contributed by atoms with van der Waals surface area (Å²) in [6.07, 6.45) is 8.68. The van der Waals surface area contributed by atoms with Crippen molar-refractivity contribution in [2.75, 3.05) is 31.1 Å². The fourth-order valence-electron chi connectivity index (χ4n) is 6.36. The number of ether oxygens (including phenoxy) is 1. The molecular weight excluding hydrogens is 486 g/mol. The van der Waals surface area contributed by atoms with Crippen LogP contribution in [-0.2, 0) is 24.7 Å². The lowest BCUT2D eigenvalue weighted by molar-refractivity contribution is -0.670. The Morgan fingerprint density at radius 1 is 1.18 bits per heavy atom. The van der Waals surface area contributed by atoms with E-state index < -0.39 is 0 Å². The summed E-state index contributed by atoms with van der Waals surface area (Å²) in [5.74, 6) is 2.23. The minimum atomic E-state index is 0.150. The second-order valence-electron chi connectivity index (χ2n) is 11.2. The van der Waals surface area contributed by atoms with Crippen LogP contribution in [-0.4, -0.2) is 48.2 Å². The van der Waals surface area contributed by atoms with E-state index in [4.69, 9.17) is 4.74 Å². The quantitative estimate of drug-likeness (QED) is 0.376. The molecule has 5 rings (SSSR count). The number of fused-ring (bicyclic) bond motifs is 1. The summed E-state index contributed by atoms with van der Waals surface area (Å²) in [4.78, 5) is 18.3. The minimum Gasteiger partial charge on any atom is -0.508 e. The zero-order valence-electron chi connectivity index (χ0n) is 23.6. The lowest BCUT2D eigenvalue weighted by atomic mass is 9.84. The number of rotatable bonds is 10. The van der Waals surface area contributed by atoms with E-state index in [-0.39, 0.29) is 11.9 Å². The normalized spacial score (nSPS) is 20.5. The largest absolute Gasteiger partial charge is 0.508 e. The van der Waals surface area contributed by atoms with Crippen LogP contribution < -0.4 is 14.2 Å². The van der Waals surface area contributed by atoms with Crippen molar-refractivity contribution in [2.45, 2.75) is 57.9 Å². The second-order valence-corrected chi connectivity index (χ2v) is 11.2. The molecule has 206 valence electrons. The fraction of sp³-hybridized carbons (Fsp3) is 0.455. The van der Waals surface area contributed by atoms with Crippen molar-refractivity contribution in [2.24, 2.45) is 13.0 Å². The predicted molar refractivity (Wildman–Crippen MR) is 154 cm³/mol. The lowest BCUT2D eigenvalue weighted by Gasteiger charge is -2.29. The van der Waals surface area contributed by atoms with Crippen molar-refractivity contribution < 1.29 is 19.2 Å². The molecule has 0 radical (unpaired) electrons. The number of phenolic OH excluding ortho intramolecular Hbond substituents is 1. The molecule has 1 amide bonds. The number of hydrogen-bond acceptors (Lipinski definition) is 4. The van der Waals surface area contributed by atoms with E-state index in [1.165, 1.54) is 11.1 Å². The third-order valence-electron chi connectivity index (χ3n) is 8.59. The van der Waals surface area contributed by atoms with Crippen LogP contribution in [0.3, 0.4) is 0 Å². The van der Waals surface area contributed by atoms with E-state index in [0.29, 0.717) is 24.1 Å². The molecule has 1 fully saturated rings. The van der Waals surface area contributed by atoms with Crippen LogP contribution in [0, 0.1) is 5.92 Å². The number of likely N-dealkylation sites (tertiary alicyclic amines) is 1. The number of aryl methyl sites for hydroxylation is 2. The molecule has 0 spiro atoms. The van der Waals surface area contributed by atoms with Gasteiger partial charge in [-0.3, -0.25) is 9.69 Å². The molecular formula is C33H42N3O3+. The van der Waals surface area contributed by atoms with Gasteiger partial charge in [-0.15, -0.1) is 0 Å². The first-order valence-corrected chi connectivity index (χ1v) is 14.5. The van der Waals surface area contributed by atoms with Crippen LogP contribution in [0.4, 0.5) is 5.69 Å². The summed E-state index contributed by atoms with van der Waals surface area (Å²) in [6.45, 7) is 7.22. The van der Waals surface area contributed by atoms with Gasteiger partial charge >= 0.3 is 0 Å². The average molecular weight is 529 g/mol. The SMILES string of the molecule is CCCCN(C(=O)CN1C[C@H](c2ccc3c(c2)CCO3)[C@@H](C)[C@@H]1CCc1ccccc1O)c1ccc[n+](C)c1. The zero-order chi connectivity index (χ0) is 27.4. The molecule has 3 atom stereocenters. The first kappa shape index (κ1) is 27.2. The van der Waals surface area contributed by atoms with E-state index in [1.807, 2.05) is 59.2 Å². The molecule has 0 saturated carbocycles. The van der Waals surface area contributed by atoms with E-state index >= 15 is 0 Å². The molecule has 1 N–H and O–H groups in total. The molecule has 6 heteroatoms. The van der Waals surface area contributed by atoms with Gasteiger partial charge in [0.25, 0.3) is 0 Å². The third kappa shape index (κ3) is 6.11. The second kappa shape index (κ2) is 12.2. The average Bonchev–Trinajstić information content (AvgIpc) is 3.52. The van der Waals surface area contributed by atoms with Crippen LogP contribution >= 0.6 is 0 Å². The van der Waals surface area contributed by atoms with Gasteiger partial charge in [0.2, 0.25) is 5.91 Å². The molecule has 6 nitrogen and oxygen atoms in total. The van der Waals surface area contributed by atoms with Gasteiger partial charge in [0.15, 0.2) is 12.4 Å². The van der Waals surface area contributed by atoms with Crippen LogP contribution in [0.25, 0.3) is 0 Å². The first-order valence-electron chi connectivity index (χ1n) is 14.5. The Bertz CT molecular complexity index is 1290. The van der Waals surface area contributed by atoms with E-state index in [1.54, 1.807) is 6.07 Å². The van der Waals surface area contributed by atoms with Crippen LogP contribution in [0.2, 0.25) is 0 Å². The molecule has 0 bridgehead atoms. The number of anilines is 1. The molecule has 3 heterocycles. The Morgan fingerprint density at radius 2 is 2.03 bits per heavy atom. The number of aromatic nitrogens is 1. The summed E-state index contributed by atoms with van der Waals surface area (Å²) < 4.78 is 7.76. The molecule has 0 aliphatic carbocycles. The highest BCUT2D eigenvalue weighted by Gasteiger charge is 2.41. The Hall–Kier alpha value is -3.38. The van der Waals surface area contributed by atoms with Crippen molar-refractivity contribution in [3.8, 4) is 11.5 Å². The van der Waals surface area contributed by atoms with Crippen LogP contribution in [0.5, 0.6) is 11.5 Å². The van der Waals surface area contributed by atoms with Crippen LogP contribution in [0.1, 0.15) is 55.7 Å². The maximum Gasteiger partial charge on any atom is 0.241 e. The van der Waals surface area contributed by atoms with Crippen molar-refractivity contribution in [3.63, 3.8) is 0 Å². The van der Waals surface area contributed by atoms with Crippen LogP contribution in [0.15, 0.2) is 67.0 Å². The van der Waals surface area contributed by atoms with E-state index in [9.17, 15) is 9.90 Å². The van der Waals surface area contributed by atoms with Crippen molar-refractivity contribution in [1.82, 2.24) is 4.90 Å². The maximum absolute atomic E-state index is 13.9. The highest BCUT2D eigenvalue weighted by atomic mass is 16.5. The fourth-order valence-corrected chi connectivity index (χ4v) is 6.36. The van der Waals surface area contributed by atoms with Gasteiger partial charge in [0.1, 0.15) is 24.2 Å². The number of benzene rings is 2. The highest BCUT2D eigenvalue weighted by Crippen LogP contribution is 2.41. The Morgan fingerprint density at radius 3 is 2.82 bits per heavy atom. The minimum absolute atomic E-state index is 0.150. The molecule has 39 heavy (non-hydrogen) atoms. The molecule has 2 aromatic carbocycles. The standard InChI is InChI=1S/C33H41N3O3/c1-4-5-18-36(28-10-8-17-34(3)21-28)33(38)23-35-22-29(26-13-15-32-27(20-26)16-19-39-32)24(2)30(35)14-12-25-9-6-7-11-31(25)37/h6-11,13,15,17,20-21,24,29-30H,4-5,12,14,16,18-19,22-23H2,1-3H3/p+1/t24-,29+,30+/m1/s1. The Labute approximate surface area is 232 Å². The first-order chi connectivity index (χ1) is 18.9. The van der Waals surface area contributed by atoms with Gasteiger partial charge in [-0.1, -0.05) is 50.6 Å². The molecule has 2 aliphatic heterocycles. The van der Waals surface area contributed by atoms with Gasteiger partial charge in [-0.2, -0.15) is 0 Å². The Balaban J connectivity index is 1.39. The highest BCUT2D eigenvalue weighted by molar-refractivity contribution is 5.94. The van der Waals surface area contributed by atoms with Gasteiger partial charge < -0.3 is 14.7 Å². The number of phenols is 1. The number of unbranched alkanes of at least 4 members (excludes halogenated alkanes) is 1. The number of aromatic hydroxyl groups is 1. The third-order valence-corrected chi connectivity index (χ3v) is 8.59. The predicted octanol–water partition coefficient (Wildman–Crippen LogP) is 5.02. The molecule has 2 aliphatic rings. The number of nitrogens with zero attached hydrogens (tertiary/aromatic N) is 3. The Kier molecular flexibility index (Phi) is 8.51. The number of hydrogen-bond donors (Lipinski definition) is 1. The topological polar surface area (TPSA) is 56.9 Å². The maximum atomic E-state index is 13.9. The zero-order valence-corrected chi connectivity index (χ0v) is 23.6. The summed E-state index contributed by atoms with van der Waals surface area (Å²) in [6, 6.07) is 18.5. The summed E-state index contributed by atoms with van der Waals surface area (Å²) >= 11 is 0. The number of carbonyl (C=O) groups excluding carboxylic acids is 1. The van der Waals surface area contributed by atoms with E-state index in [0.717, 1.165) is 68.8 Å². The molecule has 1 saturated heterocycles. The van der Waals surface area contributed by atoms with Crippen molar-refractivity contribution in [3.05, 3.63) is 83.7 Å². The van der Waals surface area contributed by atoms with Crippen molar-refractivity contribution >= 4 is 11.6 Å². The number of para-hydroxylation sites is 1. The van der Waals surface area contributed by atoms with Gasteiger partial charge in [-0.25, -0.2) is 4.57 Å². The van der Waals surface area contributed by atoms with E-state index in [2.05, 4.69) is 36.9 Å². The van der Waals surface area contributed by atoms with Gasteiger partial charge in [0.05, 0.1) is 13.2 Å². The lowest BCUT2D eigenvalue weighted by Crippen LogP contribution is -2.44. The smallest absolute Gasteiger partial charge is 0.241 e. The summed E-state index contributed by atoms with van der Waals surface area (Å²) in [5.41, 5.74) is 4.55. The molecule has 3 aromatic rings. The molecule has 1 aromatic heterocycles. The van der Waals surface area contributed by atoms with Gasteiger partial charge in [0, 0.05) is 37.5 Å². The number of carbonyl (C=O) groups is 1.